The van der Waals surface area contributed by atoms with E-state index in [1.54, 1.807) is 24.3 Å². The Morgan fingerprint density at radius 2 is 1.95 bits per heavy atom. The zero-order valence-corrected chi connectivity index (χ0v) is 11.6. The van der Waals surface area contributed by atoms with Gasteiger partial charge in [-0.2, -0.15) is 0 Å². The molecule has 0 fully saturated rings. The molecule has 104 valence electrons. The van der Waals surface area contributed by atoms with Crippen LogP contribution in [-0.2, 0) is 4.79 Å². The highest BCUT2D eigenvalue weighted by atomic mass is 32.1. The van der Waals surface area contributed by atoms with E-state index in [9.17, 15) is 9.59 Å². The number of carbonyl (C=O) groups excluding carboxylic acids is 1. The second kappa shape index (κ2) is 5.76. The molecular formula is C16H10O4S. The third kappa shape index (κ3) is 3.27. The molecule has 3 rings (SSSR count). The molecule has 0 amide bonds. The van der Waals surface area contributed by atoms with Crippen LogP contribution in [0, 0.1) is 0 Å². The molecule has 0 aliphatic heterocycles. The SMILES string of the molecule is O=C(/C=C/c1ccccc1)Oc1ccc2oc(=O)sc2c1. The lowest BCUT2D eigenvalue weighted by atomic mass is 10.2. The summed E-state index contributed by atoms with van der Waals surface area (Å²) in [6.07, 6.45) is 3.04. The van der Waals surface area contributed by atoms with E-state index in [1.165, 1.54) is 6.08 Å². The van der Waals surface area contributed by atoms with E-state index in [2.05, 4.69) is 0 Å². The summed E-state index contributed by atoms with van der Waals surface area (Å²) in [6.45, 7) is 0. The number of benzene rings is 2. The lowest BCUT2D eigenvalue weighted by molar-refractivity contribution is -0.128. The summed E-state index contributed by atoms with van der Waals surface area (Å²) in [6, 6.07) is 14.3. The molecule has 5 heteroatoms. The van der Waals surface area contributed by atoms with Crippen LogP contribution in [0.1, 0.15) is 5.56 Å². The molecule has 0 spiro atoms. The number of hydrogen-bond acceptors (Lipinski definition) is 5. The summed E-state index contributed by atoms with van der Waals surface area (Å²) >= 11 is 0.972. The summed E-state index contributed by atoms with van der Waals surface area (Å²) in [5.74, 6) is -0.101. The van der Waals surface area contributed by atoms with Crippen LogP contribution >= 0.6 is 11.3 Å². The van der Waals surface area contributed by atoms with Gasteiger partial charge in [-0.1, -0.05) is 41.7 Å². The summed E-state index contributed by atoms with van der Waals surface area (Å²) in [4.78, 5) is 22.5. The van der Waals surface area contributed by atoms with Crippen LogP contribution in [0.2, 0.25) is 0 Å². The molecule has 0 aliphatic carbocycles. The molecule has 0 unspecified atom stereocenters. The lowest BCUT2D eigenvalue weighted by Gasteiger charge is -2.00. The van der Waals surface area contributed by atoms with Gasteiger partial charge in [0.25, 0.3) is 0 Å². The predicted molar refractivity (Wildman–Crippen MR) is 81.5 cm³/mol. The predicted octanol–water partition coefficient (Wildman–Crippen LogP) is 3.47. The molecule has 1 heterocycles. The van der Waals surface area contributed by atoms with E-state index in [1.807, 2.05) is 30.3 Å². The van der Waals surface area contributed by atoms with Gasteiger partial charge in [0.15, 0.2) is 0 Å². The standard InChI is InChI=1S/C16H10O4S/c17-15(9-6-11-4-2-1-3-5-11)19-12-7-8-13-14(10-12)21-16(18)20-13/h1-10H/b9-6+. The maximum Gasteiger partial charge on any atom is 0.396 e. The summed E-state index contributed by atoms with van der Waals surface area (Å²) in [7, 11) is 0. The Morgan fingerprint density at radius 3 is 2.76 bits per heavy atom. The summed E-state index contributed by atoms with van der Waals surface area (Å²) in [5.41, 5.74) is 1.41. The van der Waals surface area contributed by atoms with E-state index in [0.29, 0.717) is 16.0 Å². The fourth-order valence-corrected chi connectivity index (χ4v) is 2.49. The van der Waals surface area contributed by atoms with Gasteiger partial charge in [0, 0.05) is 12.1 Å². The normalized spacial score (nSPS) is 11.0. The molecule has 2 aromatic carbocycles. The molecule has 0 bridgehead atoms. The highest BCUT2D eigenvalue weighted by Crippen LogP contribution is 2.23. The van der Waals surface area contributed by atoms with E-state index in [-0.39, 0.29) is 4.94 Å². The average molecular weight is 298 g/mol. The first-order chi connectivity index (χ1) is 10.2. The molecule has 0 saturated heterocycles. The van der Waals surface area contributed by atoms with Crippen molar-refractivity contribution in [2.75, 3.05) is 0 Å². The highest BCUT2D eigenvalue weighted by Gasteiger charge is 2.06. The van der Waals surface area contributed by atoms with Crippen molar-refractivity contribution in [1.82, 2.24) is 0 Å². The fraction of sp³-hybridized carbons (Fsp3) is 0. The number of esters is 1. The fourth-order valence-electron chi connectivity index (χ4n) is 1.79. The Hall–Kier alpha value is -2.66. The first-order valence-electron chi connectivity index (χ1n) is 6.19. The molecule has 0 N–H and O–H groups in total. The van der Waals surface area contributed by atoms with Crippen molar-refractivity contribution in [2.24, 2.45) is 0 Å². The van der Waals surface area contributed by atoms with Crippen molar-refractivity contribution in [3.63, 3.8) is 0 Å². The van der Waals surface area contributed by atoms with Crippen molar-refractivity contribution in [1.29, 1.82) is 0 Å². The monoisotopic (exact) mass is 298 g/mol. The molecule has 1 aromatic heterocycles. The minimum Gasteiger partial charge on any atom is -0.423 e. The van der Waals surface area contributed by atoms with Gasteiger partial charge in [-0.3, -0.25) is 0 Å². The second-order valence-corrected chi connectivity index (χ2v) is 5.21. The third-order valence-electron chi connectivity index (χ3n) is 2.73. The van der Waals surface area contributed by atoms with E-state index < -0.39 is 5.97 Å². The lowest BCUT2D eigenvalue weighted by Crippen LogP contribution is -2.03. The number of carbonyl (C=O) groups is 1. The van der Waals surface area contributed by atoms with Crippen molar-refractivity contribution >= 4 is 33.7 Å². The quantitative estimate of drug-likeness (QED) is 0.422. The Bertz CT molecular complexity index is 859. The third-order valence-corrected chi connectivity index (χ3v) is 3.52. The summed E-state index contributed by atoms with van der Waals surface area (Å²) < 4.78 is 10.8. The Labute approximate surface area is 123 Å². The minimum absolute atomic E-state index is 0.377. The van der Waals surface area contributed by atoms with Gasteiger partial charge in [0.2, 0.25) is 0 Å². The van der Waals surface area contributed by atoms with Crippen LogP contribution in [0.3, 0.4) is 0 Å². The zero-order valence-electron chi connectivity index (χ0n) is 10.8. The molecule has 21 heavy (non-hydrogen) atoms. The molecule has 0 radical (unpaired) electrons. The maximum absolute atomic E-state index is 11.7. The molecule has 0 saturated carbocycles. The smallest absolute Gasteiger partial charge is 0.396 e. The van der Waals surface area contributed by atoms with E-state index in [0.717, 1.165) is 16.9 Å². The zero-order chi connectivity index (χ0) is 14.7. The van der Waals surface area contributed by atoms with Crippen molar-refractivity contribution in [2.45, 2.75) is 0 Å². The summed E-state index contributed by atoms with van der Waals surface area (Å²) in [5, 5.41) is 0. The van der Waals surface area contributed by atoms with Crippen LogP contribution in [0.5, 0.6) is 5.75 Å². The Balaban J connectivity index is 1.74. The molecular weight excluding hydrogens is 288 g/mol. The first kappa shape index (κ1) is 13.3. The Morgan fingerprint density at radius 1 is 1.14 bits per heavy atom. The molecule has 3 aromatic rings. The van der Waals surface area contributed by atoms with Gasteiger partial charge >= 0.3 is 10.9 Å². The van der Waals surface area contributed by atoms with Gasteiger partial charge in [0.05, 0.1) is 4.70 Å². The van der Waals surface area contributed by atoms with Crippen molar-refractivity contribution in [3.05, 3.63) is 69.9 Å². The largest absolute Gasteiger partial charge is 0.423 e. The number of rotatable bonds is 3. The van der Waals surface area contributed by atoms with Crippen molar-refractivity contribution < 1.29 is 13.9 Å². The molecule has 0 aliphatic rings. The average Bonchev–Trinajstić information content (AvgIpc) is 2.85. The number of ether oxygens (including phenoxy) is 1. The van der Waals surface area contributed by atoms with Crippen molar-refractivity contribution in [3.8, 4) is 5.75 Å². The van der Waals surface area contributed by atoms with Gasteiger partial charge in [0.1, 0.15) is 11.3 Å². The number of fused-ring (bicyclic) bond motifs is 1. The van der Waals surface area contributed by atoms with Gasteiger partial charge in [-0.05, 0) is 23.8 Å². The minimum atomic E-state index is -0.478. The highest BCUT2D eigenvalue weighted by molar-refractivity contribution is 7.16. The Kier molecular flexibility index (Phi) is 3.66. The van der Waals surface area contributed by atoms with Gasteiger partial charge < -0.3 is 9.15 Å². The molecule has 4 nitrogen and oxygen atoms in total. The number of hydrogen-bond donors (Lipinski definition) is 0. The maximum atomic E-state index is 11.7. The van der Waals surface area contributed by atoms with Crippen LogP contribution < -0.4 is 9.68 Å². The van der Waals surface area contributed by atoms with Gasteiger partial charge in [-0.25, -0.2) is 9.59 Å². The van der Waals surface area contributed by atoms with Crippen LogP contribution in [0.25, 0.3) is 16.4 Å². The van der Waals surface area contributed by atoms with E-state index in [4.69, 9.17) is 9.15 Å². The second-order valence-electron chi connectivity index (χ2n) is 4.23. The topological polar surface area (TPSA) is 56.5 Å². The van der Waals surface area contributed by atoms with Gasteiger partial charge in [-0.15, -0.1) is 0 Å². The van der Waals surface area contributed by atoms with Crippen LogP contribution in [-0.4, -0.2) is 5.97 Å². The van der Waals surface area contributed by atoms with Crippen LogP contribution in [0.4, 0.5) is 0 Å². The first-order valence-corrected chi connectivity index (χ1v) is 7.01. The molecule has 0 atom stereocenters. The van der Waals surface area contributed by atoms with E-state index >= 15 is 0 Å². The van der Waals surface area contributed by atoms with Crippen LogP contribution in [0.15, 0.2) is 63.8 Å².